The Bertz CT molecular complexity index is 828. The van der Waals surface area contributed by atoms with E-state index in [1.165, 1.54) is 18.4 Å². The molecular weight excluding hydrogens is 404 g/mol. The van der Waals surface area contributed by atoms with Crippen molar-refractivity contribution in [2.75, 3.05) is 58.2 Å². The molecule has 0 radical (unpaired) electrons. The number of para-hydroxylation sites is 1. The summed E-state index contributed by atoms with van der Waals surface area (Å²) in [7, 11) is 1.77. The second kappa shape index (κ2) is 10.8. The second-order valence-electron chi connectivity index (χ2n) is 9.06. The summed E-state index contributed by atoms with van der Waals surface area (Å²) >= 11 is 0. The van der Waals surface area contributed by atoms with Crippen molar-refractivity contribution >= 4 is 23.5 Å². The Balaban J connectivity index is 1.17. The molecule has 3 aliphatic rings. The van der Waals surface area contributed by atoms with Crippen molar-refractivity contribution in [2.45, 2.75) is 38.0 Å². The lowest BCUT2D eigenvalue weighted by Crippen LogP contribution is -2.52. The molecule has 174 valence electrons. The maximum atomic E-state index is 12.6. The Hall–Kier alpha value is -2.61. The first-order valence-electron chi connectivity index (χ1n) is 12.0. The van der Waals surface area contributed by atoms with Crippen molar-refractivity contribution in [3.8, 4) is 0 Å². The Morgan fingerprint density at radius 1 is 1.12 bits per heavy atom. The highest BCUT2D eigenvalue weighted by Gasteiger charge is 2.29. The number of aliphatic imine (C=N–C) groups is 1. The fraction of sp³-hybridized carbons (Fsp3) is 0.625. The summed E-state index contributed by atoms with van der Waals surface area (Å²) in [4.78, 5) is 33.4. The quantitative estimate of drug-likeness (QED) is 0.462. The molecule has 4 rings (SSSR count). The van der Waals surface area contributed by atoms with Crippen molar-refractivity contribution in [1.29, 1.82) is 0 Å². The van der Waals surface area contributed by atoms with Crippen molar-refractivity contribution in [3.05, 3.63) is 29.8 Å². The lowest BCUT2D eigenvalue weighted by molar-refractivity contribution is -0.137. The van der Waals surface area contributed by atoms with Crippen molar-refractivity contribution < 1.29 is 9.59 Å². The molecule has 0 bridgehead atoms. The van der Waals surface area contributed by atoms with E-state index in [1.54, 1.807) is 7.05 Å². The van der Waals surface area contributed by atoms with E-state index in [-0.39, 0.29) is 17.7 Å². The summed E-state index contributed by atoms with van der Waals surface area (Å²) in [5.74, 6) is 1.60. The van der Waals surface area contributed by atoms with Gasteiger partial charge in [0.15, 0.2) is 5.96 Å². The zero-order chi connectivity index (χ0) is 22.3. The molecule has 2 amide bonds. The van der Waals surface area contributed by atoms with Gasteiger partial charge in [-0.25, -0.2) is 0 Å². The van der Waals surface area contributed by atoms with E-state index in [0.29, 0.717) is 18.9 Å². The maximum Gasteiger partial charge on any atom is 0.225 e. The van der Waals surface area contributed by atoms with Crippen LogP contribution in [0.4, 0.5) is 5.69 Å². The minimum Gasteiger partial charge on any atom is -0.356 e. The minimum absolute atomic E-state index is 0.0593. The smallest absolute Gasteiger partial charge is 0.225 e. The van der Waals surface area contributed by atoms with Crippen LogP contribution in [-0.2, 0) is 9.59 Å². The van der Waals surface area contributed by atoms with Crippen LogP contribution in [0, 0.1) is 5.92 Å². The number of fused-ring (bicyclic) bond motifs is 1. The SMILES string of the molecule is CN=C(NCCN1CCN(C(=O)C2CCCC2)CC1)NCC1CC(=O)Nc2ccccc21. The summed E-state index contributed by atoms with van der Waals surface area (Å²) < 4.78 is 0. The molecule has 1 aliphatic carbocycles. The molecule has 1 aromatic carbocycles. The van der Waals surface area contributed by atoms with Gasteiger partial charge in [-0.3, -0.25) is 19.5 Å². The molecule has 2 heterocycles. The average Bonchev–Trinajstić information content (AvgIpc) is 3.36. The normalized spacial score (nSPS) is 22.4. The monoisotopic (exact) mass is 440 g/mol. The molecule has 1 atom stereocenters. The van der Waals surface area contributed by atoms with Crippen LogP contribution in [0.25, 0.3) is 0 Å². The molecule has 1 saturated heterocycles. The number of nitrogens with zero attached hydrogens (tertiary/aromatic N) is 3. The molecule has 2 aliphatic heterocycles. The molecule has 1 unspecified atom stereocenters. The summed E-state index contributed by atoms with van der Waals surface area (Å²) in [6.07, 6.45) is 5.04. The standard InChI is InChI=1S/C24H36N6O2/c1-25-24(27-17-19-16-22(31)28-21-9-5-4-8-20(19)21)26-10-11-29-12-14-30(15-13-29)23(32)18-6-2-3-7-18/h4-5,8-9,18-19H,2-3,6-7,10-17H2,1H3,(H,28,31)(H2,25,26,27). The Morgan fingerprint density at radius 2 is 1.88 bits per heavy atom. The molecule has 2 fully saturated rings. The van der Waals surface area contributed by atoms with Gasteiger partial charge in [-0.05, 0) is 24.5 Å². The molecular formula is C24H36N6O2. The fourth-order valence-electron chi connectivity index (χ4n) is 5.08. The Labute approximate surface area is 190 Å². The highest BCUT2D eigenvalue weighted by Crippen LogP contribution is 2.31. The van der Waals surface area contributed by atoms with Gasteiger partial charge >= 0.3 is 0 Å². The predicted octanol–water partition coefficient (Wildman–Crippen LogP) is 1.61. The van der Waals surface area contributed by atoms with Crippen LogP contribution < -0.4 is 16.0 Å². The van der Waals surface area contributed by atoms with Crippen molar-refractivity contribution in [2.24, 2.45) is 10.9 Å². The van der Waals surface area contributed by atoms with Crippen LogP contribution in [0.3, 0.4) is 0 Å². The molecule has 0 spiro atoms. The van der Waals surface area contributed by atoms with Gasteiger partial charge in [0.25, 0.3) is 0 Å². The Kier molecular flexibility index (Phi) is 7.63. The number of carbonyl (C=O) groups excluding carboxylic acids is 2. The third kappa shape index (κ3) is 5.59. The van der Waals surface area contributed by atoms with Crippen LogP contribution in [0.2, 0.25) is 0 Å². The van der Waals surface area contributed by atoms with E-state index < -0.39 is 0 Å². The van der Waals surface area contributed by atoms with Gasteiger partial charge in [0.05, 0.1) is 0 Å². The van der Waals surface area contributed by atoms with Gasteiger partial charge in [-0.1, -0.05) is 31.0 Å². The Morgan fingerprint density at radius 3 is 2.62 bits per heavy atom. The van der Waals surface area contributed by atoms with Crippen LogP contribution in [-0.4, -0.2) is 80.4 Å². The van der Waals surface area contributed by atoms with E-state index >= 15 is 0 Å². The third-order valence-electron chi connectivity index (χ3n) is 6.95. The van der Waals surface area contributed by atoms with E-state index in [0.717, 1.165) is 63.8 Å². The van der Waals surface area contributed by atoms with Crippen LogP contribution in [0.15, 0.2) is 29.3 Å². The number of piperazine rings is 1. The third-order valence-corrected chi connectivity index (χ3v) is 6.95. The van der Waals surface area contributed by atoms with Crippen LogP contribution in [0.1, 0.15) is 43.6 Å². The molecule has 32 heavy (non-hydrogen) atoms. The summed E-state index contributed by atoms with van der Waals surface area (Å²) in [6, 6.07) is 7.99. The molecule has 3 N–H and O–H groups in total. The second-order valence-corrected chi connectivity index (χ2v) is 9.06. The van der Waals surface area contributed by atoms with Gasteiger partial charge in [0.1, 0.15) is 0 Å². The largest absolute Gasteiger partial charge is 0.356 e. The number of amides is 2. The number of rotatable bonds is 6. The number of nitrogens with one attached hydrogen (secondary N) is 3. The highest BCUT2D eigenvalue weighted by molar-refractivity contribution is 5.94. The number of hydrogen-bond acceptors (Lipinski definition) is 4. The topological polar surface area (TPSA) is 89.1 Å². The molecule has 8 nitrogen and oxygen atoms in total. The first-order valence-corrected chi connectivity index (χ1v) is 12.0. The van der Waals surface area contributed by atoms with E-state index in [1.807, 2.05) is 18.2 Å². The van der Waals surface area contributed by atoms with Gasteiger partial charge in [0.2, 0.25) is 11.8 Å². The summed E-state index contributed by atoms with van der Waals surface area (Å²) in [6.45, 7) is 5.90. The lowest BCUT2D eigenvalue weighted by Gasteiger charge is -2.36. The van der Waals surface area contributed by atoms with Gasteiger partial charge in [-0.15, -0.1) is 0 Å². The van der Waals surface area contributed by atoms with Gasteiger partial charge in [-0.2, -0.15) is 0 Å². The first kappa shape index (κ1) is 22.6. The average molecular weight is 441 g/mol. The summed E-state index contributed by atoms with van der Waals surface area (Å²) in [5, 5.41) is 9.71. The number of anilines is 1. The number of hydrogen-bond donors (Lipinski definition) is 3. The molecule has 1 saturated carbocycles. The first-order chi connectivity index (χ1) is 15.6. The zero-order valence-electron chi connectivity index (χ0n) is 19.1. The predicted molar refractivity (Wildman–Crippen MR) is 127 cm³/mol. The minimum atomic E-state index is 0.0593. The fourth-order valence-corrected chi connectivity index (χ4v) is 5.08. The van der Waals surface area contributed by atoms with Crippen LogP contribution >= 0.6 is 0 Å². The maximum absolute atomic E-state index is 12.6. The van der Waals surface area contributed by atoms with Gasteiger partial charge in [0, 0.05) is 76.8 Å². The number of benzene rings is 1. The molecule has 8 heteroatoms. The molecule has 0 aromatic heterocycles. The molecule has 1 aromatic rings. The lowest BCUT2D eigenvalue weighted by atomic mass is 9.90. The number of guanidine groups is 1. The van der Waals surface area contributed by atoms with Crippen molar-refractivity contribution in [1.82, 2.24) is 20.4 Å². The van der Waals surface area contributed by atoms with Crippen molar-refractivity contribution in [3.63, 3.8) is 0 Å². The van der Waals surface area contributed by atoms with E-state index in [2.05, 4.69) is 36.8 Å². The number of carbonyl (C=O) groups is 2. The highest BCUT2D eigenvalue weighted by atomic mass is 16.2. The van der Waals surface area contributed by atoms with E-state index in [4.69, 9.17) is 0 Å². The summed E-state index contributed by atoms with van der Waals surface area (Å²) in [5.41, 5.74) is 2.07. The zero-order valence-corrected chi connectivity index (χ0v) is 19.1. The van der Waals surface area contributed by atoms with Crippen LogP contribution in [0.5, 0.6) is 0 Å². The van der Waals surface area contributed by atoms with Gasteiger partial charge < -0.3 is 20.9 Å². The van der Waals surface area contributed by atoms with E-state index in [9.17, 15) is 9.59 Å².